The Morgan fingerprint density at radius 1 is 1.43 bits per heavy atom. The van der Waals surface area contributed by atoms with E-state index in [1.807, 2.05) is 16.9 Å². The van der Waals surface area contributed by atoms with Crippen LogP contribution in [0.4, 0.5) is 0 Å². The maximum Gasteiger partial charge on any atom is 0.224 e. The van der Waals surface area contributed by atoms with Gasteiger partial charge in [-0.2, -0.15) is 0 Å². The molecule has 4 atom stereocenters. The summed E-state index contributed by atoms with van der Waals surface area (Å²) in [5.74, 6) is 0.863. The number of methoxy groups -OCH3 is 1. The highest BCUT2D eigenvalue weighted by atomic mass is 16.5. The van der Waals surface area contributed by atoms with Crippen LogP contribution in [0.5, 0.6) is 5.75 Å². The number of rotatable bonds is 7. The van der Waals surface area contributed by atoms with Gasteiger partial charge in [0, 0.05) is 31.8 Å². The highest BCUT2D eigenvalue weighted by Crippen LogP contribution is 2.37. The molecule has 3 aliphatic rings. The fourth-order valence-electron chi connectivity index (χ4n) is 4.43. The summed E-state index contributed by atoms with van der Waals surface area (Å²) < 4.78 is 6.88. The van der Waals surface area contributed by atoms with E-state index in [2.05, 4.69) is 20.5 Å². The number of hydrogen-bond donors (Lipinski definition) is 2. The van der Waals surface area contributed by atoms with Crippen molar-refractivity contribution in [2.24, 2.45) is 11.8 Å². The van der Waals surface area contributed by atoms with Crippen LogP contribution in [0.1, 0.15) is 12.8 Å². The summed E-state index contributed by atoms with van der Waals surface area (Å²) in [6, 6.07) is 7.41. The van der Waals surface area contributed by atoms with Crippen molar-refractivity contribution in [2.75, 3.05) is 33.4 Å². The Hall–Kier alpha value is -2.45. The number of fused-ring (bicyclic) bond motifs is 3. The van der Waals surface area contributed by atoms with E-state index in [4.69, 9.17) is 4.74 Å². The van der Waals surface area contributed by atoms with Gasteiger partial charge in [0.15, 0.2) is 0 Å². The van der Waals surface area contributed by atoms with Gasteiger partial charge in [0.05, 0.1) is 25.3 Å². The molecule has 2 bridgehead atoms. The van der Waals surface area contributed by atoms with E-state index in [9.17, 15) is 9.90 Å². The van der Waals surface area contributed by atoms with Gasteiger partial charge >= 0.3 is 0 Å². The van der Waals surface area contributed by atoms with Crippen molar-refractivity contribution in [3.8, 4) is 17.0 Å². The van der Waals surface area contributed by atoms with Crippen LogP contribution in [-0.2, 0) is 16.1 Å². The lowest BCUT2D eigenvalue weighted by atomic mass is 9.75. The average Bonchev–Trinajstić information content (AvgIpc) is 3.17. The van der Waals surface area contributed by atoms with Crippen LogP contribution in [0.2, 0.25) is 0 Å². The molecule has 3 aliphatic heterocycles. The van der Waals surface area contributed by atoms with E-state index < -0.39 is 0 Å². The molecular weight excluding hydrogens is 358 g/mol. The second-order valence-electron chi connectivity index (χ2n) is 7.70. The van der Waals surface area contributed by atoms with Crippen molar-refractivity contribution >= 4 is 5.91 Å². The molecule has 1 aromatic heterocycles. The molecule has 0 aliphatic carbocycles. The number of aromatic hydroxyl groups is 1. The average molecular weight is 385 g/mol. The molecule has 8 heteroatoms. The van der Waals surface area contributed by atoms with Crippen LogP contribution in [-0.4, -0.2) is 70.3 Å². The highest BCUT2D eigenvalue weighted by molar-refractivity contribution is 5.79. The molecule has 1 aromatic carbocycles. The quantitative estimate of drug-likeness (QED) is 0.694. The van der Waals surface area contributed by atoms with Gasteiger partial charge in [-0.25, -0.2) is 0 Å². The number of carbonyl (C=O) groups excluding carboxylic acids is 1. The number of piperidine rings is 3. The maximum absolute atomic E-state index is 12.5. The summed E-state index contributed by atoms with van der Waals surface area (Å²) in [7, 11) is 1.64. The summed E-state index contributed by atoms with van der Waals surface area (Å²) in [5, 5.41) is 21.2. The number of aromatic nitrogens is 3. The van der Waals surface area contributed by atoms with Crippen molar-refractivity contribution in [3.63, 3.8) is 0 Å². The van der Waals surface area contributed by atoms with Crippen LogP contribution in [0, 0.1) is 11.8 Å². The molecule has 2 aromatic rings. The Balaban J connectivity index is 1.37. The fourth-order valence-corrected chi connectivity index (χ4v) is 4.43. The third-order valence-electron chi connectivity index (χ3n) is 5.90. The second kappa shape index (κ2) is 8.28. The van der Waals surface area contributed by atoms with Crippen LogP contribution in [0.25, 0.3) is 11.3 Å². The number of benzene rings is 1. The first-order chi connectivity index (χ1) is 13.6. The topological polar surface area (TPSA) is 92.5 Å². The minimum Gasteiger partial charge on any atom is -0.508 e. The normalized spacial score (nSPS) is 26.3. The molecule has 3 fully saturated rings. The van der Waals surface area contributed by atoms with Crippen molar-refractivity contribution in [3.05, 3.63) is 30.5 Å². The summed E-state index contributed by atoms with van der Waals surface area (Å²) in [6.45, 7) is 3.72. The third-order valence-corrected chi connectivity index (χ3v) is 5.90. The molecule has 0 saturated carbocycles. The fraction of sp³-hybridized carbons (Fsp3) is 0.550. The SMILES string of the molecule is COCCNC(=O)[C@@H]1CN2CC[C@H]1C[C@@H]2Cn1cc(-c2cccc(O)c2)nn1. The van der Waals surface area contributed by atoms with E-state index >= 15 is 0 Å². The first-order valence-electron chi connectivity index (χ1n) is 9.84. The van der Waals surface area contributed by atoms with Crippen LogP contribution < -0.4 is 5.32 Å². The molecular formula is C20H27N5O3. The largest absolute Gasteiger partial charge is 0.508 e. The molecule has 3 saturated heterocycles. The Morgan fingerprint density at radius 3 is 3.07 bits per heavy atom. The molecule has 1 amide bonds. The standard InChI is InChI=1S/C20H27N5O3/c1-28-8-6-21-20(27)18-12-24-7-5-14(18)9-16(24)11-25-13-19(22-23-25)15-3-2-4-17(26)10-15/h2-4,10,13-14,16,18,26H,5-9,11-12H2,1H3,(H,21,27)/t14-,16+,18+/m0/s1. The van der Waals surface area contributed by atoms with E-state index in [-0.39, 0.29) is 17.6 Å². The first-order valence-corrected chi connectivity index (χ1v) is 9.84. The molecule has 0 radical (unpaired) electrons. The number of hydrogen-bond acceptors (Lipinski definition) is 6. The lowest BCUT2D eigenvalue weighted by molar-refractivity contribution is -0.133. The lowest BCUT2D eigenvalue weighted by Gasteiger charge is -2.49. The molecule has 5 rings (SSSR count). The molecule has 150 valence electrons. The van der Waals surface area contributed by atoms with E-state index in [0.717, 1.165) is 43.7 Å². The molecule has 8 nitrogen and oxygen atoms in total. The van der Waals surface area contributed by atoms with E-state index in [1.54, 1.807) is 25.3 Å². The molecule has 1 unspecified atom stereocenters. The minimum absolute atomic E-state index is 0.0699. The molecule has 28 heavy (non-hydrogen) atoms. The van der Waals surface area contributed by atoms with Crippen LogP contribution >= 0.6 is 0 Å². The highest BCUT2D eigenvalue weighted by Gasteiger charge is 2.43. The summed E-state index contributed by atoms with van der Waals surface area (Å²) in [6.07, 6.45) is 4.00. The zero-order valence-electron chi connectivity index (χ0n) is 16.1. The Bertz CT molecular complexity index is 824. The van der Waals surface area contributed by atoms with Gasteiger partial charge in [-0.1, -0.05) is 17.3 Å². The smallest absolute Gasteiger partial charge is 0.224 e. The number of phenols is 1. The molecule has 2 N–H and O–H groups in total. The summed E-state index contributed by atoms with van der Waals surface area (Å²) in [5.41, 5.74) is 1.60. The van der Waals surface area contributed by atoms with Crippen LogP contribution in [0.3, 0.4) is 0 Å². The van der Waals surface area contributed by atoms with Gasteiger partial charge in [-0.15, -0.1) is 5.10 Å². The van der Waals surface area contributed by atoms with Gasteiger partial charge < -0.3 is 15.2 Å². The summed E-state index contributed by atoms with van der Waals surface area (Å²) >= 11 is 0. The van der Waals surface area contributed by atoms with Crippen molar-refractivity contribution < 1.29 is 14.6 Å². The third kappa shape index (κ3) is 4.02. The van der Waals surface area contributed by atoms with Gasteiger partial charge in [0.25, 0.3) is 0 Å². The van der Waals surface area contributed by atoms with Gasteiger partial charge in [-0.05, 0) is 37.4 Å². The maximum atomic E-state index is 12.5. The number of nitrogens with one attached hydrogen (secondary N) is 1. The monoisotopic (exact) mass is 385 g/mol. The number of nitrogens with zero attached hydrogens (tertiary/aromatic N) is 4. The lowest BCUT2D eigenvalue weighted by Crippen LogP contribution is -2.58. The Kier molecular flexibility index (Phi) is 5.59. The predicted octanol–water partition coefficient (Wildman–Crippen LogP) is 1.12. The van der Waals surface area contributed by atoms with Gasteiger partial charge in [-0.3, -0.25) is 14.4 Å². The zero-order valence-corrected chi connectivity index (χ0v) is 16.1. The summed E-state index contributed by atoms with van der Waals surface area (Å²) in [4.78, 5) is 14.9. The Morgan fingerprint density at radius 2 is 2.32 bits per heavy atom. The number of amides is 1. The van der Waals surface area contributed by atoms with Crippen molar-refractivity contribution in [2.45, 2.75) is 25.4 Å². The molecule has 0 spiro atoms. The zero-order chi connectivity index (χ0) is 19.5. The number of phenolic OH excluding ortho intramolecular Hbond substituents is 1. The number of carbonyl (C=O) groups is 1. The van der Waals surface area contributed by atoms with E-state index in [0.29, 0.717) is 25.1 Å². The van der Waals surface area contributed by atoms with E-state index in [1.165, 1.54) is 0 Å². The van der Waals surface area contributed by atoms with Crippen molar-refractivity contribution in [1.29, 1.82) is 0 Å². The second-order valence-corrected chi connectivity index (χ2v) is 7.70. The minimum atomic E-state index is 0.0699. The first kappa shape index (κ1) is 18.9. The van der Waals surface area contributed by atoms with Crippen molar-refractivity contribution in [1.82, 2.24) is 25.2 Å². The van der Waals surface area contributed by atoms with Crippen LogP contribution in [0.15, 0.2) is 30.5 Å². The number of ether oxygens (including phenoxy) is 1. The van der Waals surface area contributed by atoms with Gasteiger partial charge in [0.2, 0.25) is 5.91 Å². The predicted molar refractivity (Wildman–Crippen MR) is 104 cm³/mol. The Labute approximate surface area is 164 Å². The molecule has 4 heterocycles. The van der Waals surface area contributed by atoms with Gasteiger partial charge in [0.1, 0.15) is 11.4 Å².